The average Bonchev–Trinajstić information content (AvgIpc) is 2.30. The first-order valence-corrected chi connectivity index (χ1v) is 6.19. The van der Waals surface area contributed by atoms with Crippen molar-refractivity contribution in [3.05, 3.63) is 35.9 Å². The van der Waals surface area contributed by atoms with E-state index in [0.717, 1.165) is 25.9 Å². The maximum Gasteiger partial charge on any atom is 0.321 e. The van der Waals surface area contributed by atoms with Gasteiger partial charge in [-0.1, -0.05) is 37.3 Å². The first-order chi connectivity index (χ1) is 8.18. The molecule has 3 nitrogen and oxygen atoms in total. The highest BCUT2D eigenvalue weighted by Crippen LogP contribution is 2.25. The van der Waals surface area contributed by atoms with Gasteiger partial charge in [0.2, 0.25) is 0 Å². The van der Waals surface area contributed by atoms with Crippen LogP contribution in [0.25, 0.3) is 0 Å². The summed E-state index contributed by atoms with van der Waals surface area (Å²) in [5.41, 5.74) is 1.19. The minimum Gasteiger partial charge on any atom is -0.480 e. The van der Waals surface area contributed by atoms with Crippen LogP contribution in [0.4, 0.5) is 0 Å². The molecular weight excluding hydrogens is 214 g/mol. The molecule has 1 fully saturated rings. The number of aliphatic carboxylic acids is 1. The number of hydrogen-bond donors (Lipinski definition) is 1. The second-order valence-electron chi connectivity index (χ2n) is 4.86. The van der Waals surface area contributed by atoms with Crippen molar-refractivity contribution in [1.82, 2.24) is 4.90 Å². The number of likely N-dealkylation sites (tertiary alicyclic amines) is 1. The fourth-order valence-corrected chi connectivity index (χ4v) is 2.67. The molecule has 0 saturated carbocycles. The lowest BCUT2D eigenvalue weighted by atomic mass is 9.90. The van der Waals surface area contributed by atoms with Crippen molar-refractivity contribution in [2.24, 2.45) is 5.92 Å². The molecule has 2 atom stereocenters. The van der Waals surface area contributed by atoms with Gasteiger partial charge < -0.3 is 5.11 Å². The van der Waals surface area contributed by atoms with Crippen LogP contribution in [-0.2, 0) is 11.3 Å². The molecule has 1 aliphatic rings. The highest BCUT2D eigenvalue weighted by Gasteiger charge is 2.33. The molecule has 0 bridgehead atoms. The molecule has 1 heterocycles. The number of carbonyl (C=O) groups is 1. The normalized spacial score (nSPS) is 25.7. The zero-order valence-corrected chi connectivity index (χ0v) is 10.2. The van der Waals surface area contributed by atoms with Crippen molar-refractivity contribution in [2.45, 2.75) is 32.4 Å². The van der Waals surface area contributed by atoms with Gasteiger partial charge in [0.25, 0.3) is 0 Å². The van der Waals surface area contributed by atoms with Gasteiger partial charge in [0.1, 0.15) is 6.04 Å². The molecule has 92 valence electrons. The summed E-state index contributed by atoms with van der Waals surface area (Å²) >= 11 is 0. The molecule has 1 saturated heterocycles. The van der Waals surface area contributed by atoms with Gasteiger partial charge in [0.05, 0.1) is 0 Å². The molecule has 1 aromatic carbocycles. The highest BCUT2D eigenvalue weighted by atomic mass is 16.4. The van der Waals surface area contributed by atoms with Gasteiger partial charge in [-0.25, -0.2) is 0 Å². The maximum absolute atomic E-state index is 11.3. The van der Waals surface area contributed by atoms with Crippen LogP contribution in [0.15, 0.2) is 30.3 Å². The summed E-state index contributed by atoms with van der Waals surface area (Å²) < 4.78 is 0. The fourth-order valence-electron chi connectivity index (χ4n) is 2.67. The van der Waals surface area contributed by atoms with Crippen molar-refractivity contribution >= 4 is 5.97 Å². The molecule has 1 N–H and O–H groups in total. The smallest absolute Gasteiger partial charge is 0.321 e. The Bertz CT molecular complexity index is 377. The van der Waals surface area contributed by atoms with Gasteiger partial charge in [-0.2, -0.15) is 0 Å². The summed E-state index contributed by atoms with van der Waals surface area (Å²) in [5.74, 6) is -0.446. The third kappa shape index (κ3) is 2.86. The van der Waals surface area contributed by atoms with Crippen LogP contribution in [0, 0.1) is 5.92 Å². The first-order valence-electron chi connectivity index (χ1n) is 6.19. The Balaban J connectivity index is 2.10. The van der Waals surface area contributed by atoms with E-state index in [2.05, 4.69) is 17.0 Å². The topological polar surface area (TPSA) is 40.5 Å². The lowest BCUT2D eigenvalue weighted by molar-refractivity contribution is -0.147. The summed E-state index contributed by atoms with van der Waals surface area (Å²) in [6, 6.07) is 9.76. The predicted molar refractivity (Wildman–Crippen MR) is 66.7 cm³/mol. The fraction of sp³-hybridized carbons (Fsp3) is 0.500. The molecule has 0 radical (unpaired) electrons. The Kier molecular flexibility index (Phi) is 3.79. The minimum atomic E-state index is -0.687. The standard InChI is InChI=1S/C14H19NO2/c1-11-6-5-9-15(13(11)14(16)17)10-12-7-3-2-4-8-12/h2-4,7-8,11,13H,5-6,9-10H2,1H3,(H,16,17). The molecule has 17 heavy (non-hydrogen) atoms. The van der Waals surface area contributed by atoms with E-state index in [0.29, 0.717) is 0 Å². The maximum atomic E-state index is 11.3. The Morgan fingerprint density at radius 1 is 1.41 bits per heavy atom. The number of carboxylic acid groups (broad SMARTS) is 1. The van der Waals surface area contributed by atoms with E-state index in [1.54, 1.807) is 0 Å². The monoisotopic (exact) mass is 233 g/mol. The largest absolute Gasteiger partial charge is 0.480 e. The summed E-state index contributed by atoms with van der Waals surface area (Å²) in [6.07, 6.45) is 2.11. The van der Waals surface area contributed by atoms with E-state index < -0.39 is 5.97 Å². The van der Waals surface area contributed by atoms with E-state index >= 15 is 0 Å². The average molecular weight is 233 g/mol. The Morgan fingerprint density at radius 2 is 2.12 bits per heavy atom. The summed E-state index contributed by atoms with van der Waals surface area (Å²) in [5, 5.41) is 9.32. The third-order valence-electron chi connectivity index (χ3n) is 3.52. The molecule has 0 amide bonds. The lowest BCUT2D eigenvalue weighted by Crippen LogP contribution is -2.48. The van der Waals surface area contributed by atoms with Crippen LogP contribution in [0.1, 0.15) is 25.3 Å². The van der Waals surface area contributed by atoms with Gasteiger partial charge >= 0.3 is 5.97 Å². The van der Waals surface area contributed by atoms with Crippen LogP contribution >= 0.6 is 0 Å². The van der Waals surface area contributed by atoms with Crippen LogP contribution in [-0.4, -0.2) is 28.6 Å². The zero-order valence-electron chi connectivity index (χ0n) is 10.2. The molecule has 1 aromatic rings. The van der Waals surface area contributed by atoms with Gasteiger partial charge in [0, 0.05) is 6.54 Å². The molecule has 0 aliphatic carbocycles. The Labute approximate surface area is 102 Å². The molecule has 0 spiro atoms. The van der Waals surface area contributed by atoms with E-state index in [1.165, 1.54) is 5.56 Å². The molecule has 3 heteroatoms. The Morgan fingerprint density at radius 3 is 2.76 bits per heavy atom. The quantitative estimate of drug-likeness (QED) is 0.871. The van der Waals surface area contributed by atoms with E-state index in [4.69, 9.17) is 0 Å². The van der Waals surface area contributed by atoms with Crippen molar-refractivity contribution in [3.8, 4) is 0 Å². The first kappa shape index (κ1) is 12.1. The number of benzene rings is 1. The van der Waals surface area contributed by atoms with Crippen molar-refractivity contribution < 1.29 is 9.90 Å². The third-order valence-corrected chi connectivity index (χ3v) is 3.52. The Hall–Kier alpha value is -1.35. The summed E-state index contributed by atoms with van der Waals surface area (Å²) in [6.45, 7) is 3.66. The van der Waals surface area contributed by atoms with Crippen LogP contribution in [0.3, 0.4) is 0 Å². The number of piperidine rings is 1. The van der Waals surface area contributed by atoms with E-state index in [9.17, 15) is 9.90 Å². The number of hydrogen-bond acceptors (Lipinski definition) is 2. The zero-order chi connectivity index (χ0) is 12.3. The summed E-state index contributed by atoms with van der Waals surface area (Å²) in [7, 11) is 0. The molecule has 2 rings (SSSR count). The second kappa shape index (κ2) is 5.32. The SMILES string of the molecule is CC1CCCN(Cc2ccccc2)C1C(=O)O. The molecule has 0 aromatic heterocycles. The summed E-state index contributed by atoms with van der Waals surface area (Å²) in [4.78, 5) is 13.4. The van der Waals surface area contributed by atoms with Gasteiger partial charge in [-0.05, 0) is 30.9 Å². The van der Waals surface area contributed by atoms with Gasteiger partial charge in [-0.15, -0.1) is 0 Å². The van der Waals surface area contributed by atoms with E-state index in [-0.39, 0.29) is 12.0 Å². The van der Waals surface area contributed by atoms with Gasteiger partial charge in [0.15, 0.2) is 0 Å². The molecular formula is C14H19NO2. The van der Waals surface area contributed by atoms with Crippen molar-refractivity contribution in [3.63, 3.8) is 0 Å². The van der Waals surface area contributed by atoms with Crippen LogP contribution < -0.4 is 0 Å². The minimum absolute atomic E-state index is 0.241. The number of rotatable bonds is 3. The van der Waals surface area contributed by atoms with Gasteiger partial charge in [-0.3, -0.25) is 9.69 Å². The van der Waals surface area contributed by atoms with Crippen LogP contribution in [0.5, 0.6) is 0 Å². The predicted octanol–water partition coefficient (Wildman–Crippen LogP) is 2.37. The van der Waals surface area contributed by atoms with Crippen molar-refractivity contribution in [1.29, 1.82) is 0 Å². The lowest BCUT2D eigenvalue weighted by Gasteiger charge is -2.37. The number of nitrogens with zero attached hydrogens (tertiary/aromatic N) is 1. The second-order valence-corrected chi connectivity index (χ2v) is 4.86. The molecule has 1 aliphatic heterocycles. The number of carboxylic acids is 1. The highest BCUT2D eigenvalue weighted by molar-refractivity contribution is 5.74. The van der Waals surface area contributed by atoms with E-state index in [1.807, 2.05) is 25.1 Å². The van der Waals surface area contributed by atoms with Crippen LogP contribution in [0.2, 0.25) is 0 Å². The van der Waals surface area contributed by atoms with Crippen molar-refractivity contribution in [2.75, 3.05) is 6.54 Å². The molecule has 2 unspecified atom stereocenters.